The lowest BCUT2D eigenvalue weighted by atomic mass is 9.98. The zero-order valence-electron chi connectivity index (χ0n) is 24.2. The molecule has 1 aromatic heterocycles. The maximum Gasteiger partial charge on any atom is 0.544 e. The number of esters is 1. The quantitative estimate of drug-likeness (QED) is 0.175. The van der Waals surface area contributed by atoms with Gasteiger partial charge in [0.15, 0.2) is 17.6 Å². The Morgan fingerprint density at radius 2 is 1.81 bits per heavy atom. The highest BCUT2D eigenvalue weighted by Gasteiger charge is 2.57. The lowest BCUT2D eigenvalue weighted by Gasteiger charge is -2.24. The number of hydrogen-bond acceptors (Lipinski definition) is 10. The molecule has 6 atom stereocenters. The van der Waals surface area contributed by atoms with E-state index in [1.807, 2.05) is 47.4 Å². The predicted molar refractivity (Wildman–Crippen MR) is 156 cm³/mol. The molecule has 232 valence electrons. The number of nitrogens with one attached hydrogen (secondary N) is 2. The first-order valence-electron chi connectivity index (χ1n) is 13.7. The number of alkyl halides is 1. The maximum absolute atomic E-state index is 15.7. The van der Waals surface area contributed by atoms with E-state index in [0.717, 1.165) is 29.3 Å². The van der Waals surface area contributed by atoms with Crippen molar-refractivity contribution in [2.24, 2.45) is 0 Å². The van der Waals surface area contributed by atoms with Gasteiger partial charge in [-0.2, -0.15) is 9.42 Å². The summed E-state index contributed by atoms with van der Waals surface area (Å²) in [6.07, 6.45) is -3.71. The zero-order chi connectivity index (χ0) is 31.4. The summed E-state index contributed by atoms with van der Waals surface area (Å²) in [6.45, 7) is 5.25. The largest absolute Gasteiger partial charge is 0.544 e. The van der Waals surface area contributed by atoms with Crippen molar-refractivity contribution in [3.8, 4) is 5.75 Å². The number of carbonyl (C=O) groups is 1. The first-order valence-corrected chi connectivity index (χ1v) is 15.3. The van der Waals surface area contributed by atoms with Gasteiger partial charge in [0.2, 0.25) is 0 Å². The Morgan fingerprint density at radius 3 is 2.49 bits per heavy atom. The molecule has 2 unspecified atom stereocenters. The number of para-hydroxylation sites is 1. The van der Waals surface area contributed by atoms with Crippen molar-refractivity contribution >= 4 is 14.1 Å². The summed E-state index contributed by atoms with van der Waals surface area (Å²) in [4.78, 5) is 50.1. The fraction of sp³-hybridized carbons (Fsp3) is 0.414. The van der Waals surface area contributed by atoms with E-state index < -0.39 is 68.2 Å². The second kappa shape index (κ2) is 13.5. The molecule has 12 nitrogen and oxygen atoms in total. The van der Waals surface area contributed by atoms with Gasteiger partial charge in [0.25, 0.3) is 5.56 Å². The summed E-state index contributed by atoms with van der Waals surface area (Å²) in [6, 6.07) is 16.5. The summed E-state index contributed by atoms with van der Waals surface area (Å²) in [5, 5.41) is 13.5. The number of aromatic nitrogens is 2. The molecule has 2 aromatic carbocycles. The number of benzene rings is 2. The van der Waals surface area contributed by atoms with Crippen molar-refractivity contribution in [3.63, 3.8) is 0 Å². The first kappa shape index (κ1) is 32.5. The van der Waals surface area contributed by atoms with Crippen LogP contribution in [0.15, 0.2) is 76.4 Å². The van der Waals surface area contributed by atoms with Gasteiger partial charge in [-0.05, 0) is 39.3 Å². The van der Waals surface area contributed by atoms with Gasteiger partial charge in [0.05, 0.1) is 6.10 Å². The number of ether oxygens (including phenoxy) is 2. The molecule has 3 aromatic rings. The molecule has 0 radical (unpaired) electrons. The Kier molecular flexibility index (Phi) is 10.2. The van der Waals surface area contributed by atoms with Crippen LogP contribution in [0.25, 0.3) is 0 Å². The highest BCUT2D eigenvalue weighted by Crippen LogP contribution is 2.54. The van der Waals surface area contributed by atoms with Gasteiger partial charge in [-0.25, -0.2) is 9.18 Å². The second-order valence-electron chi connectivity index (χ2n) is 10.7. The minimum absolute atomic E-state index is 0.264. The van der Waals surface area contributed by atoms with Crippen LogP contribution < -0.4 is 20.9 Å². The van der Waals surface area contributed by atoms with Gasteiger partial charge in [-0.3, -0.25) is 23.7 Å². The smallest absolute Gasteiger partial charge is 0.462 e. The molecule has 4 rings (SSSR count). The van der Waals surface area contributed by atoms with Crippen LogP contribution in [0, 0.1) is 0 Å². The van der Waals surface area contributed by atoms with Gasteiger partial charge in [-0.15, -0.1) is 0 Å². The van der Waals surface area contributed by atoms with E-state index in [-0.39, 0.29) is 5.75 Å². The van der Waals surface area contributed by atoms with E-state index in [9.17, 15) is 24.4 Å². The fourth-order valence-corrected chi connectivity index (χ4v) is 6.12. The first-order chi connectivity index (χ1) is 20.3. The number of hydrogen-bond donors (Lipinski definition) is 4. The van der Waals surface area contributed by atoms with Crippen LogP contribution in [0.3, 0.4) is 0 Å². The van der Waals surface area contributed by atoms with Gasteiger partial charge >= 0.3 is 19.8 Å². The molecule has 0 saturated carbocycles. The third-order valence-electron chi connectivity index (χ3n) is 6.73. The van der Waals surface area contributed by atoms with E-state index in [1.54, 1.807) is 26.0 Å². The molecule has 14 heteroatoms. The van der Waals surface area contributed by atoms with Crippen LogP contribution in [-0.4, -0.2) is 62.1 Å². The molecule has 1 aliphatic rings. The normalized spacial score (nSPS) is 24.0. The molecular formula is C29H36FN3O9P+. The van der Waals surface area contributed by atoms with Crippen LogP contribution in [0.2, 0.25) is 0 Å². The van der Waals surface area contributed by atoms with Crippen molar-refractivity contribution in [3.05, 3.63) is 98.8 Å². The summed E-state index contributed by atoms with van der Waals surface area (Å²) in [7, 11) is -4.19. The predicted octanol–water partition coefficient (Wildman–Crippen LogP) is 2.81. The van der Waals surface area contributed by atoms with Gasteiger partial charge < -0.3 is 14.6 Å². The van der Waals surface area contributed by atoms with E-state index in [4.69, 9.17) is 18.5 Å². The van der Waals surface area contributed by atoms with Crippen molar-refractivity contribution in [2.45, 2.75) is 70.4 Å². The molecule has 4 N–H and O–H groups in total. The topological polar surface area (TPSA) is 161 Å². The standard InChI is InChI=1S/C29H35FN3O9P/c1-18(2)40-26(36)19(3)32-43(38,42-22-13-9-8-12-21(22)16-20-10-6-5-7-11-20)39-17-23-25(35)29(4,30)27(41-23)33-15-14-24(34)31-28(33)37/h5-15,18-19,23,25,27,32,35,38H,16-17H2,1-4H3/p+1/t19-,23?,25+,27+,29+,43?/m0/s1. The Bertz CT molecular complexity index is 1520. The molecular weight excluding hydrogens is 584 g/mol. The Balaban J connectivity index is 1.58. The summed E-state index contributed by atoms with van der Waals surface area (Å²) in [5.74, 6) is -0.413. The molecule has 2 heterocycles. The molecule has 0 amide bonds. The van der Waals surface area contributed by atoms with Crippen molar-refractivity contribution in [2.75, 3.05) is 6.61 Å². The Morgan fingerprint density at radius 1 is 1.14 bits per heavy atom. The van der Waals surface area contributed by atoms with E-state index in [1.165, 1.54) is 6.92 Å². The molecule has 0 spiro atoms. The molecule has 1 aliphatic heterocycles. The number of carbonyl (C=O) groups excluding carboxylic acids is 1. The van der Waals surface area contributed by atoms with Gasteiger partial charge in [0, 0.05) is 24.2 Å². The van der Waals surface area contributed by atoms with Crippen molar-refractivity contribution in [1.29, 1.82) is 0 Å². The summed E-state index contributed by atoms with van der Waals surface area (Å²) in [5.41, 5.74) is -2.41. The Labute approximate surface area is 248 Å². The average Bonchev–Trinajstić information content (AvgIpc) is 3.16. The SMILES string of the molecule is CC(C)OC(=O)[C@H](C)N[P+](O)(OCC1O[C@@H](n2ccc(=O)[nH]c2=O)[C@](C)(F)[C@@H]1O)Oc1ccccc1Cc1ccccc1. The van der Waals surface area contributed by atoms with Gasteiger partial charge in [0.1, 0.15) is 24.9 Å². The van der Waals surface area contributed by atoms with Crippen LogP contribution >= 0.6 is 8.09 Å². The van der Waals surface area contributed by atoms with Crippen LogP contribution in [-0.2, 0) is 25.2 Å². The number of rotatable bonds is 12. The molecule has 43 heavy (non-hydrogen) atoms. The Hall–Kier alpha value is -3.45. The summed E-state index contributed by atoms with van der Waals surface area (Å²) >= 11 is 0. The van der Waals surface area contributed by atoms with Crippen LogP contribution in [0.5, 0.6) is 5.75 Å². The monoisotopic (exact) mass is 620 g/mol. The highest BCUT2D eigenvalue weighted by atomic mass is 31.2. The van der Waals surface area contributed by atoms with Gasteiger partial charge in [-0.1, -0.05) is 53.6 Å². The summed E-state index contributed by atoms with van der Waals surface area (Å²) < 4.78 is 39.2. The minimum Gasteiger partial charge on any atom is -0.462 e. The maximum atomic E-state index is 15.7. The highest BCUT2D eigenvalue weighted by molar-refractivity contribution is 7.59. The lowest BCUT2D eigenvalue weighted by Crippen LogP contribution is -2.44. The third-order valence-corrected chi connectivity index (χ3v) is 8.39. The molecule has 0 bridgehead atoms. The van der Waals surface area contributed by atoms with E-state index in [2.05, 4.69) is 5.09 Å². The van der Waals surface area contributed by atoms with Crippen LogP contribution in [0.4, 0.5) is 4.39 Å². The number of nitrogens with zero attached hydrogens (tertiary/aromatic N) is 1. The number of H-pyrrole nitrogens is 1. The fourth-order valence-electron chi connectivity index (χ4n) is 4.55. The van der Waals surface area contributed by atoms with Crippen molar-refractivity contribution < 1.29 is 37.7 Å². The molecule has 0 aliphatic carbocycles. The van der Waals surface area contributed by atoms with E-state index >= 15 is 4.39 Å². The average molecular weight is 621 g/mol. The number of aliphatic hydroxyl groups is 1. The molecule has 1 fully saturated rings. The number of aromatic amines is 1. The molecule has 1 saturated heterocycles. The number of aliphatic hydroxyl groups excluding tert-OH is 1. The number of halogens is 1. The van der Waals surface area contributed by atoms with Crippen molar-refractivity contribution in [1.82, 2.24) is 14.6 Å². The lowest BCUT2D eigenvalue weighted by molar-refractivity contribution is -0.149. The van der Waals surface area contributed by atoms with Crippen LogP contribution in [0.1, 0.15) is 45.0 Å². The third kappa shape index (κ3) is 7.94. The minimum atomic E-state index is -4.19. The van der Waals surface area contributed by atoms with E-state index in [0.29, 0.717) is 12.0 Å². The second-order valence-corrected chi connectivity index (χ2v) is 12.4. The zero-order valence-corrected chi connectivity index (χ0v) is 25.1.